The molecule has 0 atom stereocenters. The van der Waals surface area contributed by atoms with Crippen LogP contribution in [-0.2, 0) is 10.0 Å². The Hall–Kier alpha value is -2.57. The Labute approximate surface area is 156 Å². The zero-order valence-corrected chi connectivity index (χ0v) is 15.7. The normalized spacial score (nSPS) is 15.6. The van der Waals surface area contributed by atoms with Crippen LogP contribution in [0.15, 0.2) is 29.2 Å². The lowest BCUT2D eigenvalue weighted by Crippen LogP contribution is -2.49. The van der Waals surface area contributed by atoms with Gasteiger partial charge in [-0.1, -0.05) is 0 Å². The van der Waals surface area contributed by atoms with E-state index in [2.05, 4.69) is 11.1 Å². The highest BCUT2D eigenvalue weighted by Crippen LogP contribution is 2.27. The highest BCUT2D eigenvalue weighted by molar-refractivity contribution is 7.89. The average molecular weight is 392 g/mol. The maximum atomic E-state index is 13.9. The first-order valence-corrected chi connectivity index (χ1v) is 9.76. The maximum absolute atomic E-state index is 13.9. The zero-order valence-electron chi connectivity index (χ0n) is 14.9. The SMILES string of the molecule is Cc1cc(N2CCN(S(=O)(=O)c3ccc(F)cc3F)CC2)c(C#N)c(C)n1. The summed E-state index contributed by atoms with van der Waals surface area (Å²) in [5, 5.41) is 9.41. The zero-order chi connectivity index (χ0) is 19.8. The monoisotopic (exact) mass is 392 g/mol. The summed E-state index contributed by atoms with van der Waals surface area (Å²) < 4.78 is 53.5. The third-order valence-corrected chi connectivity index (χ3v) is 6.44. The van der Waals surface area contributed by atoms with Crippen LogP contribution in [0.5, 0.6) is 0 Å². The van der Waals surface area contributed by atoms with Crippen LogP contribution in [0.2, 0.25) is 0 Å². The van der Waals surface area contributed by atoms with Crippen LogP contribution in [0.25, 0.3) is 0 Å². The predicted molar refractivity (Wildman–Crippen MR) is 95.8 cm³/mol. The molecule has 1 fully saturated rings. The number of rotatable bonds is 3. The van der Waals surface area contributed by atoms with Crippen LogP contribution in [0.1, 0.15) is 17.0 Å². The second-order valence-corrected chi connectivity index (χ2v) is 8.23. The van der Waals surface area contributed by atoms with Crippen molar-refractivity contribution in [1.82, 2.24) is 9.29 Å². The van der Waals surface area contributed by atoms with Crippen molar-refractivity contribution in [2.45, 2.75) is 18.7 Å². The first kappa shape index (κ1) is 19.2. The average Bonchev–Trinajstić information content (AvgIpc) is 2.61. The third-order valence-electron chi connectivity index (χ3n) is 4.51. The van der Waals surface area contributed by atoms with E-state index in [0.717, 1.165) is 17.8 Å². The van der Waals surface area contributed by atoms with Crippen molar-refractivity contribution in [3.8, 4) is 6.07 Å². The number of hydrogen-bond acceptors (Lipinski definition) is 5. The van der Waals surface area contributed by atoms with Gasteiger partial charge in [-0.15, -0.1) is 0 Å². The lowest BCUT2D eigenvalue weighted by Gasteiger charge is -2.36. The van der Waals surface area contributed by atoms with E-state index in [1.807, 2.05) is 11.8 Å². The standard InChI is InChI=1S/C18H18F2N4O2S/c1-12-9-17(15(11-21)13(2)22-12)23-5-7-24(8-6-23)27(25,26)18-4-3-14(19)10-16(18)20/h3-4,9-10H,5-8H2,1-2H3. The molecule has 0 bridgehead atoms. The molecule has 2 aromatic rings. The molecule has 0 aliphatic carbocycles. The fourth-order valence-corrected chi connectivity index (χ4v) is 4.66. The number of hydrogen-bond donors (Lipinski definition) is 0. The molecular weight excluding hydrogens is 374 g/mol. The van der Waals surface area contributed by atoms with Gasteiger partial charge in [-0.2, -0.15) is 9.57 Å². The van der Waals surface area contributed by atoms with Gasteiger partial charge in [-0.3, -0.25) is 4.98 Å². The highest BCUT2D eigenvalue weighted by Gasteiger charge is 2.31. The van der Waals surface area contributed by atoms with E-state index in [4.69, 9.17) is 0 Å². The largest absolute Gasteiger partial charge is 0.368 e. The van der Waals surface area contributed by atoms with E-state index in [0.29, 0.717) is 36.1 Å². The molecule has 1 aliphatic rings. The molecule has 1 saturated heterocycles. The van der Waals surface area contributed by atoms with E-state index in [-0.39, 0.29) is 13.1 Å². The van der Waals surface area contributed by atoms with Crippen LogP contribution in [0.4, 0.5) is 14.5 Å². The van der Waals surface area contributed by atoms with Crippen molar-refractivity contribution < 1.29 is 17.2 Å². The molecule has 1 aromatic heterocycles. The van der Waals surface area contributed by atoms with Gasteiger partial charge in [0.05, 0.1) is 16.9 Å². The molecule has 1 aliphatic heterocycles. The summed E-state index contributed by atoms with van der Waals surface area (Å²) in [6.07, 6.45) is 0. The van der Waals surface area contributed by atoms with Crippen molar-refractivity contribution in [3.63, 3.8) is 0 Å². The summed E-state index contributed by atoms with van der Waals surface area (Å²) in [6, 6.07) is 6.37. The van der Waals surface area contributed by atoms with Crippen molar-refractivity contribution in [2.75, 3.05) is 31.1 Å². The van der Waals surface area contributed by atoms with E-state index in [1.165, 1.54) is 4.31 Å². The predicted octanol–water partition coefficient (Wildman–Crippen LogP) is 2.36. The highest BCUT2D eigenvalue weighted by atomic mass is 32.2. The topological polar surface area (TPSA) is 77.3 Å². The molecule has 1 aromatic carbocycles. The summed E-state index contributed by atoms with van der Waals surface area (Å²) in [6.45, 7) is 4.54. The number of aryl methyl sites for hydroxylation is 2. The van der Waals surface area contributed by atoms with Crippen molar-refractivity contribution in [3.05, 3.63) is 52.9 Å². The Morgan fingerprint density at radius 2 is 1.78 bits per heavy atom. The van der Waals surface area contributed by atoms with Gasteiger partial charge in [-0.25, -0.2) is 17.2 Å². The first-order chi connectivity index (χ1) is 12.7. The van der Waals surface area contributed by atoms with Gasteiger partial charge in [0.15, 0.2) is 0 Å². The van der Waals surface area contributed by atoms with Gasteiger partial charge in [0.2, 0.25) is 10.0 Å². The van der Waals surface area contributed by atoms with Crippen molar-refractivity contribution >= 4 is 15.7 Å². The molecule has 0 radical (unpaired) electrons. The molecule has 9 heteroatoms. The van der Waals surface area contributed by atoms with Crippen LogP contribution in [-0.4, -0.2) is 43.9 Å². The minimum absolute atomic E-state index is 0.129. The second-order valence-electron chi connectivity index (χ2n) is 6.32. The summed E-state index contributed by atoms with van der Waals surface area (Å²) in [7, 11) is -4.06. The van der Waals surface area contributed by atoms with Gasteiger partial charge in [-0.05, 0) is 32.0 Å². The quantitative estimate of drug-likeness (QED) is 0.801. The number of nitriles is 1. The number of anilines is 1. The number of benzene rings is 1. The van der Waals surface area contributed by atoms with Gasteiger partial charge >= 0.3 is 0 Å². The van der Waals surface area contributed by atoms with Crippen LogP contribution in [0.3, 0.4) is 0 Å². The molecule has 27 heavy (non-hydrogen) atoms. The summed E-state index contributed by atoms with van der Waals surface area (Å²) in [5.74, 6) is -1.94. The van der Waals surface area contributed by atoms with Gasteiger partial charge in [0.25, 0.3) is 0 Å². The van der Waals surface area contributed by atoms with Gasteiger partial charge in [0.1, 0.15) is 22.6 Å². The molecule has 0 amide bonds. The van der Waals surface area contributed by atoms with E-state index < -0.39 is 26.6 Å². The van der Waals surface area contributed by atoms with Gasteiger partial charge in [0, 0.05) is 37.9 Å². The maximum Gasteiger partial charge on any atom is 0.246 e. The molecule has 3 rings (SSSR count). The Kier molecular flexibility index (Phi) is 5.13. The summed E-state index contributed by atoms with van der Waals surface area (Å²) in [4.78, 5) is 5.67. The molecule has 6 nitrogen and oxygen atoms in total. The molecule has 142 valence electrons. The second kappa shape index (κ2) is 7.21. The molecular formula is C18H18F2N4O2S. The van der Waals surface area contributed by atoms with E-state index >= 15 is 0 Å². The van der Waals surface area contributed by atoms with Crippen molar-refractivity contribution in [1.29, 1.82) is 5.26 Å². The number of halogens is 2. The minimum Gasteiger partial charge on any atom is -0.368 e. The molecule has 0 saturated carbocycles. The fourth-order valence-electron chi connectivity index (χ4n) is 3.19. The Morgan fingerprint density at radius 1 is 1.11 bits per heavy atom. The molecule has 2 heterocycles. The van der Waals surface area contributed by atoms with Gasteiger partial charge < -0.3 is 4.90 Å². The minimum atomic E-state index is -4.06. The summed E-state index contributed by atoms with van der Waals surface area (Å²) in [5.41, 5.74) is 2.56. The lowest BCUT2D eigenvalue weighted by molar-refractivity contribution is 0.382. The van der Waals surface area contributed by atoms with Crippen molar-refractivity contribution in [2.24, 2.45) is 0 Å². The van der Waals surface area contributed by atoms with Crippen LogP contribution < -0.4 is 4.90 Å². The Bertz CT molecular complexity index is 1030. The molecule has 0 N–H and O–H groups in total. The Balaban J connectivity index is 1.83. The number of sulfonamides is 1. The lowest BCUT2D eigenvalue weighted by atomic mass is 10.1. The van der Waals surface area contributed by atoms with Crippen LogP contribution in [0, 0.1) is 36.8 Å². The number of nitrogens with zero attached hydrogens (tertiary/aromatic N) is 4. The smallest absolute Gasteiger partial charge is 0.246 e. The summed E-state index contributed by atoms with van der Waals surface area (Å²) >= 11 is 0. The third kappa shape index (κ3) is 3.63. The number of pyridine rings is 1. The molecule has 0 spiro atoms. The Morgan fingerprint density at radius 3 is 2.37 bits per heavy atom. The fraction of sp³-hybridized carbons (Fsp3) is 0.333. The number of piperazine rings is 1. The number of aromatic nitrogens is 1. The molecule has 0 unspecified atom stereocenters. The van der Waals surface area contributed by atoms with E-state index in [1.54, 1.807) is 13.0 Å². The first-order valence-electron chi connectivity index (χ1n) is 8.32. The van der Waals surface area contributed by atoms with Crippen LogP contribution >= 0.6 is 0 Å². The van der Waals surface area contributed by atoms with E-state index in [9.17, 15) is 22.5 Å².